The van der Waals surface area contributed by atoms with Gasteiger partial charge in [-0.3, -0.25) is 14.7 Å². The predicted octanol–water partition coefficient (Wildman–Crippen LogP) is 3.82. The Morgan fingerprint density at radius 2 is 1.86 bits per heavy atom. The molecule has 6 nitrogen and oxygen atoms in total. The van der Waals surface area contributed by atoms with Gasteiger partial charge in [-0.1, -0.05) is 0 Å². The van der Waals surface area contributed by atoms with Gasteiger partial charge in [-0.25, -0.2) is 9.97 Å². The Kier molecular flexibility index (Phi) is 4.80. The molecule has 1 amide bonds. The summed E-state index contributed by atoms with van der Waals surface area (Å²) in [5, 5.41) is 11.6. The maximum atomic E-state index is 13.0. The van der Waals surface area contributed by atoms with Gasteiger partial charge >= 0.3 is 12.4 Å². The van der Waals surface area contributed by atoms with E-state index in [1.54, 1.807) is 0 Å². The highest BCUT2D eigenvalue weighted by Crippen LogP contribution is 2.38. The quantitative estimate of drug-likeness (QED) is 0.752. The number of aromatic nitrogens is 3. The van der Waals surface area contributed by atoms with Gasteiger partial charge in [0.2, 0.25) is 11.9 Å². The minimum atomic E-state index is -5.03. The van der Waals surface area contributed by atoms with Crippen LogP contribution in [0, 0.1) is 0 Å². The second kappa shape index (κ2) is 6.61. The topological polar surface area (TPSA) is 80.0 Å². The lowest BCUT2D eigenvalue weighted by Crippen LogP contribution is -2.45. The van der Waals surface area contributed by atoms with Crippen molar-refractivity contribution in [2.45, 2.75) is 56.6 Å². The van der Waals surface area contributed by atoms with Crippen molar-refractivity contribution in [3.63, 3.8) is 0 Å². The minimum absolute atomic E-state index is 0.0674. The molecule has 2 aromatic heterocycles. The lowest BCUT2D eigenvalue weighted by molar-refractivity contribution is -0.252. The SMILES string of the molecule is C[C@@](O)(CC(=O)Nc1nc2ccc(C(F)(F)F)nc2n1C1CCC1)C(F)(F)F. The molecule has 1 saturated carbocycles. The minimum Gasteiger partial charge on any atom is -0.380 e. The highest BCUT2D eigenvalue weighted by molar-refractivity contribution is 5.91. The predicted molar refractivity (Wildman–Crippen MR) is 85.3 cm³/mol. The first kappa shape index (κ1) is 20.4. The summed E-state index contributed by atoms with van der Waals surface area (Å²) >= 11 is 0. The van der Waals surface area contributed by atoms with Crippen molar-refractivity contribution in [2.75, 3.05) is 5.32 Å². The second-order valence-electron chi connectivity index (χ2n) is 6.92. The Morgan fingerprint density at radius 3 is 2.36 bits per heavy atom. The zero-order chi connectivity index (χ0) is 20.9. The Balaban J connectivity index is 1.95. The molecule has 154 valence electrons. The standard InChI is InChI=1S/C16H16F6N4O2/c1-14(28,16(20,21)22)7-11(27)25-13-23-9-5-6-10(15(17,18)19)24-12(9)26(13)8-3-2-4-8/h5-6,8,28H,2-4,7H2,1H3,(H,23,25,27)/t14-/m1/s1. The third-order valence-corrected chi connectivity index (χ3v) is 4.63. The number of imidazole rings is 1. The Hall–Kier alpha value is -2.37. The number of carbonyl (C=O) groups excluding carboxylic acids is 1. The van der Waals surface area contributed by atoms with Gasteiger partial charge in [0.05, 0.1) is 6.42 Å². The molecule has 0 spiro atoms. The molecule has 0 radical (unpaired) electrons. The molecular weight excluding hydrogens is 394 g/mol. The molecule has 3 rings (SSSR count). The van der Waals surface area contributed by atoms with Crippen molar-refractivity contribution in [2.24, 2.45) is 0 Å². The molecule has 0 unspecified atom stereocenters. The highest BCUT2D eigenvalue weighted by atomic mass is 19.4. The van der Waals surface area contributed by atoms with Crippen LogP contribution in [0.5, 0.6) is 0 Å². The number of hydrogen-bond donors (Lipinski definition) is 2. The molecule has 0 aliphatic heterocycles. The number of aliphatic hydroxyl groups is 1. The van der Waals surface area contributed by atoms with E-state index in [1.807, 2.05) is 0 Å². The van der Waals surface area contributed by atoms with Gasteiger partial charge in [0.15, 0.2) is 11.2 Å². The van der Waals surface area contributed by atoms with E-state index in [2.05, 4.69) is 15.3 Å². The lowest BCUT2D eigenvalue weighted by Gasteiger charge is -2.29. The third kappa shape index (κ3) is 3.77. The van der Waals surface area contributed by atoms with Crippen molar-refractivity contribution >= 4 is 23.0 Å². The second-order valence-corrected chi connectivity index (χ2v) is 6.92. The number of alkyl halides is 6. The van der Waals surface area contributed by atoms with E-state index in [0.29, 0.717) is 19.8 Å². The summed E-state index contributed by atoms with van der Waals surface area (Å²) in [6.07, 6.45) is -8.98. The molecule has 28 heavy (non-hydrogen) atoms. The van der Waals surface area contributed by atoms with Crippen LogP contribution in [0.25, 0.3) is 11.2 Å². The van der Waals surface area contributed by atoms with Gasteiger partial charge in [-0.2, -0.15) is 26.3 Å². The number of hydrogen-bond acceptors (Lipinski definition) is 4. The van der Waals surface area contributed by atoms with Crippen molar-refractivity contribution < 1.29 is 36.2 Å². The monoisotopic (exact) mass is 410 g/mol. The van der Waals surface area contributed by atoms with E-state index in [-0.39, 0.29) is 23.2 Å². The first-order valence-electron chi connectivity index (χ1n) is 8.35. The van der Waals surface area contributed by atoms with Crippen molar-refractivity contribution in [1.29, 1.82) is 0 Å². The van der Waals surface area contributed by atoms with Crippen LogP contribution in [0.1, 0.15) is 44.3 Å². The van der Waals surface area contributed by atoms with E-state index in [0.717, 1.165) is 18.6 Å². The maximum Gasteiger partial charge on any atom is 0.433 e. The van der Waals surface area contributed by atoms with Gasteiger partial charge < -0.3 is 5.11 Å². The van der Waals surface area contributed by atoms with E-state index >= 15 is 0 Å². The van der Waals surface area contributed by atoms with Crippen LogP contribution < -0.4 is 5.32 Å². The van der Waals surface area contributed by atoms with Gasteiger partial charge in [-0.15, -0.1) is 0 Å². The van der Waals surface area contributed by atoms with Gasteiger partial charge in [-0.05, 0) is 38.3 Å². The highest BCUT2D eigenvalue weighted by Gasteiger charge is 2.51. The van der Waals surface area contributed by atoms with Crippen LogP contribution >= 0.6 is 0 Å². The summed E-state index contributed by atoms with van der Waals surface area (Å²) in [7, 11) is 0. The molecule has 2 aromatic rings. The molecule has 1 aliphatic carbocycles. The van der Waals surface area contributed by atoms with Gasteiger partial charge in [0.25, 0.3) is 0 Å². The molecule has 0 saturated heterocycles. The molecule has 2 N–H and O–H groups in total. The number of nitrogens with one attached hydrogen (secondary N) is 1. The van der Waals surface area contributed by atoms with Gasteiger partial charge in [0, 0.05) is 6.04 Å². The van der Waals surface area contributed by atoms with E-state index < -0.39 is 36.0 Å². The van der Waals surface area contributed by atoms with Crippen LogP contribution in [-0.4, -0.2) is 37.3 Å². The van der Waals surface area contributed by atoms with E-state index in [4.69, 9.17) is 0 Å². The third-order valence-electron chi connectivity index (χ3n) is 4.63. The molecule has 2 heterocycles. The smallest absolute Gasteiger partial charge is 0.380 e. The number of anilines is 1. The van der Waals surface area contributed by atoms with Crippen LogP contribution in [-0.2, 0) is 11.0 Å². The maximum absolute atomic E-state index is 13.0. The zero-order valence-corrected chi connectivity index (χ0v) is 14.5. The Morgan fingerprint density at radius 1 is 1.21 bits per heavy atom. The summed E-state index contributed by atoms with van der Waals surface area (Å²) in [6.45, 7) is 0.457. The molecule has 0 aromatic carbocycles. The number of nitrogens with zero attached hydrogens (tertiary/aromatic N) is 3. The summed E-state index contributed by atoms with van der Waals surface area (Å²) in [5.41, 5.74) is -4.44. The van der Waals surface area contributed by atoms with Crippen LogP contribution in [0.2, 0.25) is 0 Å². The van der Waals surface area contributed by atoms with Crippen LogP contribution in [0.3, 0.4) is 0 Å². The molecule has 1 fully saturated rings. The summed E-state index contributed by atoms with van der Waals surface area (Å²) in [6, 6.07) is 1.54. The number of fused-ring (bicyclic) bond motifs is 1. The molecule has 0 bridgehead atoms. The summed E-state index contributed by atoms with van der Waals surface area (Å²) < 4.78 is 78.5. The van der Waals surface area contributed by atoms with Crippen LogP contribution in [0.15, 0.2) is 12.1 Å². The van der Waals surface area contributed by atoms with Crippen LogP contribution in [0.4, 0.5) is 32.3 Å². The average molecular weight is 410 g/mol. The average Bonchev–Trinajstić information content (AvgIpc) is 2.80. The van der Waals surface area contributed by atoms with E-state index in [1.165, 1.54) is 4.57 Å². The number of pyridine rings is 1. The molecule has 1 atom stereocenters. The fourth-order valence-electron chi connectivity index (χ4n) is 2.79. The fourth-order valence-corrected chi connectivity index (χ4v) is 2.79. The Bertz CT molecular complexity index is 899. The van der Waals surface area contributed by atoms with Crippen molar-refractivity contribution in [3.8, 4) is 0 Å². The number of amides is 1. The lowest BCUT2D eigenvalue weighted by atomic mass is 9.93. The van der Waals surface area contributed by atoms with Crippen molar-refractivity contribution in [1.82, 2.24) is 14.5 Å². The largest absolute Gasteiger partial charge is 0.433 e. The normalized spacial score (nSPS) is 18.0. The number of carbonyl (C=O) groups is 1. The first-order valence-corrected chi connectivity index (χ1v) is 8.35. The zero-order valence-electron chi connectivity index (χ0n) is 14.5. The number of rotatable bonds is 4. The fraction of sp³-hybridized carbons (Fsp3) is 0.562. The molecule has 12 heteroatoms. The molecular formula is C16H16F6N4O2. The summed E-state index contributed by atoms with van der Waals surface area (Å²) in [4.78, 5) is 19.6. The molecule has 1 aliphatic rings. The number of halogens is 6. The Labute approximate surface area is 154 Å². The van der Waals surface area contributed by atoms with Crippen molar-refractivity contribution in [3.05, 3.63) is 17.8 Å². The summed E-state index contributed by atoms with van der Waals surface area (Å²) in [5.74, 6) is -1.37. The first-order chi connectivity index (χ1) is 12.8. The van der Waals surface area contributed by atoms with E-state index in [9.17, 15) is 36.2 Å². The van der Waals surface area contributed by atoms with Gasteiger partial charge in [0.1, 0.15) is 11.2 Å².